The molecule has 0 radical (unpaired) electrons. The Labute approximate surface area is 136 Å². The zero-order chi connectivity index (χ0) is 16.1. The average Bonchev–Trinajstić information content (AvgIpc) is 2.96. The molecule has 0 fully saturated rings. The molecule has 1 aromatic carbocycles. The normalized spacial score (nSPS) is 10.9. The number of aryl methyl sites for hydroxylation is 1. The molecule has 0 atom stereocenters. The van der Waals surface area contributed by atoms with Crippen molar-refractivity contribution < 1.29 is 0 Å². The van der Waals surface area contributed by atoms with Crippen LogP contribution in [0.3, 0.4) is 0 Å². The van der Waals surface area contributed by atoms with Crippen molar-refractivity contribution in [1.82, 2.24) is 15.0 Å². The number of fused-ring (bicyclic) bond motifs is 1. The lowest BCUT2D eigenvalue weighted by Gasteiger charge is -2.09. The summed E-state index contributed by atoms with van der Waals surface area (Å²) in [6.07, 6.45) is 4.11. The summed E-state index contributed by atoms with van der Waals surface area (Å²) in [7, 11) is 0. The van der Waals surface area contributed by atoms with Gasteiger partial charge in [0.2, 0.25) is 0 Å². The average molecular weight is 309 g/mol. The van der Waals surface area contributed by atoms with Gasteiger partial charge in [0.1, 0.15) is 17.5 Å². The number of nitrogens with zero attached hydrogens (tertiary/aromatic N) is 2. The lowest BCUT2D eigenvalue weighted by molar-refractivity contribution is 0.947. The minimum Gasteiger partial charge on any atom is -0.370 e. The van der Waals surface area contributed by atoms with Crippen LogP contribution in [0.2, 0.25) is 0 Å². The van der Waals surface area contributed by atoms with E-state index >= 15 is 0 Å². The lowest BCUT2D eigenvalue weighted by atomic mass is 10.1. The Morgan fingerprint density at radius 3 is 2.57 bits per heavy atom. The van der Waals surface area contributed by atoms with Crippen molar-refractivity contribution in [2.24, 2.45) is 0 Å². The summed E-state index contributed by atoms with van der Waals surface area (Å²) in [5.41, 5.74) is 2.51. The van der Waals surface area contributed by atoms with Crippen LogP contribution in [0.25, 0.3) is 10.9 Å². The summed E-state index contributed by atoms with van der Waals surface area (Å²) in [5, 5.41) is 8.00. The maximum absolute atomic E-state index is 4.45. The maximum atomic E-state index is 4.45. The predicted molar refractivity (Wildman–Crippen MR) is 96.0 cm³/mol. The van der Waals surface area contributed by atoms with Crippen molar-refractivity contribution in [3.8, 4) is 0 Å². The SMILES string of the molecule is CCCNc1cc(NCCc2c[nH]c3ccccc23)nc(C)n1. The molecule has 2 aromatic heterocycles. The van der Waals surface area contributed by atoms with Gasteiger partial charge >= 0.3 is 0 Å². The van der Waals surface area contributed by atoms with E-state index in [0.29, 0.717) is 0 Å². The second-order valence-electron chi connectivity index (χ2n) is 5.65. The van der Waals surface area contributed by atoms with E-state index < -0.39 is 0 Å². The fraction of sp³-hybridized carbons (Fsp3) is 0.333. The van der Waals surface area contributed by atoms with Crippen molar-refractivity contribution in [1.29, 1.82) is 0 Å². The van der Waals surface area contributed by atoms with E-state index in [2.05, 4.69) is 63.0 Å². The molecule has 5 heteroatoms. The minimum absolute atomic E-state index is 0.778. The van der Waals surface area contributed by atoms with E-state index in [-0.39, 0.29) is 0 Å². The van der Waals surface area contributed by atoms with Crippen LogP contribution in [0.4, 0.5) is 11.6 Å². The summed E-state index contributed by atoms with van der Waals surface area (Å²) in [6, 6.07) is 10.4. The number of nitrogens with one attached hydrogen (secondary N) is 3. The highest BCUT2D eigenvalue weighted by Gasteiger charge is 2.04. The van der Waals surface area contributed by atoms with E-state index in [0.717, 1.165) is 43.4 Å². The largest absolute Gasteiger partial charge is 0.370 e. The molecule has 0 aliphatic rings. The van der Waals surface area contributed by atoms with Gasteiger partial charge in [-0.15, -0.1) is 0 Å². The standard InChI is InChI=1S/C18H23N5/c1-3-9-19-17-11-18(23-13(2)22-17)20-10-8-14-12-21-16-7-5-4-6-15(14)16/h4-7,11-12,21H,3,8-10H2,1-2H3,(H2,19,20,22,23). The number of para-hydroxylation sites is 1. The summed E-state index contributed by atoms with van der Waals surface area (Å²) in [4.78, 5) is 12.2. The highest BCUT2D eigenvalue weighted by molar-refractivity contribution is 5.83. The Kier molecular flexibility index (Phi) is 4.76. The van der Waals surface area contributed by atoms with Crippen LogP contribution < -0.4 is 10.6 Å². The van der Waals surface area contributed by atoms with E-state index in [1.807, 2.05) is 13.0 Å². The molecular formula is C18H23N5. The quantitative estimate of drug-likeness (QED) is 0.622. The molecule has 0 unspecified atom stereocenters. The van der Waals surface area contributed by atoms with Crippen LogP contribution in [-0.4, -0.2) is 28.0 Å². The molecule has 5 nitrogen and oxygen atoms in total. The van der Waals surface area contributed by atoms with E-state index in [9.17, 15) is 0 Å². The van der Waals surface area contributed by atoms with Gasteiger partial charge in [-0.2, -0.15) is 0 Å². The van der Waals surface area contributed by atoms with Crippen molar-refractivity contribution in [2.45, 2.75) is 26.7 Å². The third kappa shape index (κ3) is 3.80. The first-order chi connectivity index (χ1) is 11.3. The molecule has 23 heavy (non-hydrogen) atoms. The van der Waals surface area contributed by atoms with Crippen molar-refractivity contribution in [2.75, 3.05) is 23.7 Å². The van der Waals surface area contributed by atoms with Crippen LogP contribution in [0.1, 0.15) is 24.7 Å². The van der Waals surface area contributed by atoms with Crippen molar-refractivity contribution in [3.05, 3.63) is 47.9 Å². The molecule has 0 saturated carbocycles. The first-order valence-corrected chi connectivity index (χ1v) is 8.14. The Morgan fingerprint density at radius 2 is 1.78 bits per heavy atom. The topological polar surface area (TPSA) is 65.6 Å². The van der Waals surface area contributed by atoms with Crippen molar-refractivity contribution >= 4 is 22.5 Å². The predicted octanol–water partition coefficient (Wildman–Crippen LogP) is 3.74. The van der Waals surface area contributed by atoms with Crippen LogP contribution in [0.15, 0.2) is 36.5 Å². The van der Waals surface area contributed by atoms with Gasteiger partial charge in [-0.1, -0.05) is 25.1 Å². The number of aromatic amines is 1. The van der Waals surface area contributed by atoms with Crippen LogP contribution in [0, 0.1) is 6.92 Å². The zero-order valence-electron chi connectivity index (χ0n) is 13.7. The number of rotatable bonds is 7. The lowest BCUT2D eigenvalue weighted by Crippen LogP contribution is -2.09. The molecule has 3 aromatic rings. The Bertz CT molecular complexity index is 778. The zero-order valence-corrected chi connectivity index (χ0v) is 13.7. The number of H-pyrrole nitrogens is 1. The molecular weight excluding hydrogens is 286 g/mol. The van der Waals surface area contributed by atoms with Crippen LogP contribution in [-0.2, 0) is 6.42 Å². The molecule has 120 valence electrons. The second-order valence-corrected chi connectivity index (χ2v) is 5.65. The number of hydrogen-bond acceptors (Lipinski definition) is 4. The Balaban J connectivity index is 1.63. The Morgan fingerprint density at radius 1 is 1.04 bits per heavy atom. The molecule has 0 amide bonds. The highest BCUT2D eigenvalue weighted by Crippen LogP contribution is 2.18. The highest BCUT2D eigenvalue weighted by atomic mass is 15.1. The van der Waals surface area contributed by atoms with E-state index in [1.165, 1.54) is 16.5 Å². The number of anilines is 2. The van der Waals surface area contributed by atoms with Gasteiger partial charge < -0.3 is 15.6 Å². The summed E-state index contributed by atoms with van der Waals surface area (Å²) < 4.78 is 0. The molecule has 0 aliphatic heterocycles. The third-order valence-corrected chi connectivity index (χ3v) is 3.77. The first kappa shape index (κ1) is 15.3. The molecule has 0 aliphatic carbocycles. The first-order valence-electron chi connectivity index (χ1n) is 8.14. The second kappa shape index (κ2) is 7.13. The molecule has 0 spiro atoms. The molecule has 0 bridgehead atoms. The molecule has 2 heterocycles. The van der Waals surface area contributed by atoms with E-state index in [4.69, 9.17) is 0 Å². The van der Waals surface area contributed by atoms with Gasteiger partial charge in [0, 0.05) is 36.3 Å². The van der Waals surface area contributed by atoms with Crippen LogP contribution in [0.5, 0.6) is 0 Å². The molecule has 0 saturated heterocycles. The number of hydrogen-bond donors (Lipinski definition) is 3. The summed E-state index contributed by atoms with van der Waals surface area (Å²) >= 11 is 0. The Hall–Kier alpha value is -2.56. The van der Waals surface area contributed by atoms with Crippen LogP contribution >= 0.6 is 0 Å². The van der Waals surface area contributed by atoms with E-state index in [1.54, 1.807) is 0 Å². The fourth-order valence-corrected chi connectivity index (χ4v) is 2.67. The van der Waals surface area contributed by atoms with Gasteiger partial charge in [0.25, 0.3) is 0 Å². The molecule has 3 N–H and O–H groups in total. The van der Waals surface area contributed by atoms with Gasteiger partial charge in [-0.05, 0) is 31.4 Å². The fourth-order valence-electron chi connectivity index (χ4n) is 2.67. The van der Waals surface area contributed by atoms with Gasteiger partial charge in [0.05, 0.1) is 0 Å². The maximum Gasteiger partial charge on any atom is 0.131 e. The van der Waals surface area contributed by atoms with Crippen molar-refractivity contribution in [3.63, 3.8) is 0 Å². The van der Waals surface area contributed by atoms with Gasteiger partial charge in [0.15, 0.2) is 0 Å². The van der Waals surface area contributed by atoms with Gasteiger partial charge in [-0.25, -0.2) is 9.97 Å². The monoisotopic (exact) mass is 309 g/mol. The number of aromatic nitrogens is 3. The third-order valence-electron chi connectivity index (χ3n) is 3.77. The minimum atomic E-state index is 0.778. The summed E-state index contributed by atoms with van der Waals surface area (Å²) in [5.74, 6) is 2.53. The van der Waals surface area contributed by atoms with Gasteiger partial charge in [-0.3, -0.25) is 0 Å². The summed E-state index contributed by atoms with van der Waals surface area (Å²) in [6.45, 7) is 5.82. The number of benzene rings is 1. The molecule has 3 rings (SSSR count). The smallest absolute Gasteiger partial charge is 0.131 e.